The molecule has 8 nitrogen and oxygen atoms in total. The summed E-state index contributed by atoms with van der Waals surface area (Å²) in [7, 11) is 5.03. The molecule has 2 aromatic carbocycles. The van der Waals surface area contributed by atoms with Crippen molar-refractivity contribution in [1.82, 2.24) is 14.9 Å². The lowest BCUT2D eigenvalue weighted by Gasteiger charge is -2.22. The van der Waals surface area contributed by atoms with Crippen LogP contribution in [-0.2, 0) is 33.9 Å². The number of benzene rings is 2. The molecule has 0 bridgehead atoms. The SMILES string of the molecule is COc1ccccc1-c1nc2c(c(N3CCc4ccc(OCC(=O)N(C)C)cc43)n1)C[S+]([O-])C2. The Morgan fingerprint density at radius 2 is 2.00 bits per heavy atom. The van der Waals surface area contributed by atoms with Gasteiger partial charge in [0.25, 0.3) is 5.91 Å². The molecule has 0 saturated carbocycles. The second kappa shape index (κ2) is 9.15. The molecule has 1 atom stereocenters. The number of fused-ring (bicyclic) bond motifs is 2. The molecular formula is C25H26N4O4S. The van der Waals surface area contributed by atoms with Crippen molar-refractivity contribution in [1.29, 1.82) is 0 Å². The summed E-state index contributed by atoms with van der Waals surface area (Å²) in [5.41, 5.74) is 4.71. The number of likely N-dealkylation sites (N-methyl/N-ethyl adjacent to an activating group) is 1. The highest BCUT2D eigenvalue weighted by Crippen LogP contribution is 2.42. The zero-order valence-corrected chi connectivity index (χ0v) is 20.2. The number of para-hydroxylation sites is 1. The van der Waals surface area contributed by atoms with Crippen LogP contribution in [0.4, 0.5) is 11.5 Å². The van der Waals surface area contributed by atoms with E-state index in [1.54, 1.807) is 21.2 Å². The van der Waals surface area contributed by atoms with Gasteiger partial charge < -0.3 is 23.8 Å². The summed E-state index contributed by atoms with van der Waals surface area (Å²) in [5.74, 6) is 3.41. The van der Waals surface area contributed by atoms with E-state index in [9.17, 15) is 9.35 Å². The number of ether oxygens (including phenoxy) is 2. The van der Waals surface area contributed by atoms with Crippen LogP contribution in [0.3, 0.4) is 0 Å². The fourth-order valence-corrected chi connectivity index (χ4v) is 5.53. The van der Waals surface area contributed by atoms with E-state index in [-0.39, 0.29) is 12.5 Å². The number of rotatable bonds is 6. The van der Waals surface area contributed by atoms with Gasteiger partial charge in [-0.3, -0.25) is 4.79 Å². The fourth-order valence-electron chi connectivity index (χ4n) is 4.26. The topological polar surface area (TPSA) is 90.9 Å². The molecule has 9 heteroatoms. The van der Waals surface area contributed by atoms with Gasteiger partial charge in [-0.2, -0.15) is 0 Å². The van der Waals surface area contributed by atoms with E-state index >= 15 is 0 Å². The zero-order valence-electron chi connectivity index (χ0n) is 19.4. The largest absolute Gasteiger partial charge is 0.616 e. The molecule has 0 fully saturated rings. The van der Waals surface area contributed by atoms with Crippen LogP contribution in [0.15, 0.2) is 42.5 Å². The first-order chi connectivity index (χ1) is 16.4. The second-order valence-electron chi connectivity index (χ2n) is 8.49. The molecule has 0 radical (unpaired) electrons. The summed E-state index contributed by atoms with van der Waals surface area (Å²) in [6.07, 6.45) is 0.859. The van der Waals surface area contributed by atoms with Gasteiger partial charge in [-0.05, 0) is 41.4 Å². The molecule has 34 heavy (non-hydrogen) atoms. The van der Waals surface area contributed by atoms with E-state index in [1.807, 2.05) is 42.5 Å². The first kappa shape index (κ1) is 22.5. The van der Waals surface area contributed by atoms with Gasteiger partial charge in [0.05, 0.1) is 18.2 Å². The quantitative estimate of drug-likeness (QED) is 0.503. The van der Waals surface area contributed by atoms with Gasteiger partial charge in [-0.25, -0.2) is 9.97 Å². The monoisotopic (exact) mass is 478 g/mol. The van der Waals surface area contributed by atoms with Crippen LogP contribution in [0.2, 0.25) is 0 Å². The van der Waals surface area contributed by atoms with Crippen molar-refractivity contribution in [2.75, 3.05) is 39.3 Å². The summed E-state index contributed by atoms with van der Waals surface area (Å²) in [5, 5.41) is 0. The molecule has 176 valence electrons. The van der Waals surface area contributed by atoms with E-state index in [2.05, 4.69) is 4.90 Å². The lowest BCUT2D eigenvalue weighted by molar-refractivity contribution is -0.130. The highest BCUT2D eigenvalue weighted by Gasteiger charge is 2.34. The predicted octanol–water partition coefficient (Wildman–Crippen LogP) is 3.08. The number of anilines is 2. The maximum Gasteiger partial charge on any atom is 0.259 e. The van der Waals surface area contributed by atoms with Crippen LogP contribution in [0.1, 0.15) is 16.8 Å². The highest BCUT2D eigenvalue weighted by atomic mass is 32.2. The normalized spacial score (nSPS) is 16.2. The molecule has 2 aliphatic rings. The van der Waals surface area contributed by atoms with E-state index in [0.717, 1.165) is 41.3 Å². The maximum absolute atomic E-state index is 12.5. The van der Waals surface area contributed by atoms with Crippen LogP contribution >= 0.6 is 0 Å². The molecule has 1 amide bonds. The summed E-state index contributed by atoms with van der Waals surface area (Å²) < 4.78 is 23.8. The van der Waals surface area contributed by atoms with Crippen molar-refractivity contribution >= 4 is 28.6 Å². The molecule has 0 spiro atoms. The molecule has 1 aromatic heterocycles. The minimum atomic E-state index is -1.00. The minimum absolute atomic E-state index is 0.0222. The van der Waals surface area contributed by atoms with Gasteiger partial charge >= 0.3 is 0 Å². The van der Waals surface area contributed by atoms with E-state index in [1.165, 1.54) is 10.5 Å². The van der Waals surface area contributed by atoms with Gasteiger partial charge in [0.2, 0.25) is 0 Å². The zero-order chi connectivity index (χ0) is 23.8. The first-order valence-electron chi connectivity index (χ1n) is 11.1. The summed E-state index contributed by atoms with van der Waals surface area (Å²) in [6.45, 7) is 0.725. The van der Waals surface area contributed by atoms with Crippen molar-refractivity contribution in [3.8, 4) is 22.9 Å². The second-order valence-corrected chi connectivity index (χ2v) is 9.95. The molecule has 0 aliphatic carbocycles. The Bertz CT molecular complexity index is 1250. The Morgan fingerprint density at radius 3 is 2.79 bits per heavy atom. The maximum atomic E-state index is 12.5. The smallest absolute Gasteiger partial charge is 0.259 e. The third kappa shape index (κ3) is 4.17. The molecule has 1 unspecified atom stereocenters. The lowest BCUT2D eigenvalue weighted by Crippen LogP contribution is -2.27. The fraction of sp³-hybridized carbons (Fsp3) is 0.320. The summed E-state index contributed by atoms with van der Waals surface area (Å²) in [6, 6.07) is 13.5. The van der Waals surface area contributed by atoms with Crippen LogP contribution in [0.5, 0.6) is 11.5 Å². The average molecular weight is 479 g/mol. The van der Waals surface area contributed by atoms with Crippen molar-refractivity contribution in [3.63, 3.8) is 0 Å². The number of carbonyl (C=O) groups is 1. The number of hydrogen-bond acceptors (Lipinski definition) is 7. The Balaban J connectivity index is 1.55. The van der Waals surface area contributed by atoms with Crippen LogP contribution in [0.25, 0.3) is 11.4 Å². The number of carbonyl (C=O) groups excluding carboxylic acids is 1. The third-order valence-corrected chi connectivity index (χ3v) is 7.30. The first-order valence-corrected chi connectivity index (χ1v) is 12.5. The van der Waals surface area contributed by atoms with Crippen LogP contribution in [0, 0.1) is 0 Å². The third-order valence-electron chi connectivity index (χ3n) is 6.09. The molecule has 3 heterocycles. The van der Waals surface area contributed by atoms with Gasteiger partial charge in [-0.15, -0.1) is 0 Å². The Morgan fingerprint density at radius 1 is 1.18 bits per heavy atom. The predicted molar refractivity (Wildman–Crippen MR) is 131 cm³/mol. The van der Waals surface area contributed by atoms with E-state index in [0.29, 0.717) is 28.8 Å². The van der Waals surface area contributed by atoms with Gasteiger partial charge in [0.1, 0.15) is 34.5 Å². The van der Waals surface area contributed by atoms with Gasteiger partial charge in [-0.1, -0.05) is 18.2 Å². The van der Waals surface area contributed by atoms with Gasteiger partial charge in [0, 0.05) is 32.4 Å². The molecule has 0 N–H and O–H groups in total. The number of hydrogen-bond donors (Lipinski definition) is 0. The Labute approximate surface area is 201 Å². The Kier molecular flexibility index (Phi) is 6.05. The number of aromatic nitrogens is 2. The van der Waals surface area contributed by atoms with Crippen molar-refractivity contribution < 1.29 is 18.8 Å². The number of methoxy groups -OCH3 is 1. The van der Waals surface area contributed by atoms with E-state index in [4.69, 9.17) is 19.4 Å². The standard InChI is InChI=1S/C25H26N4O4S/c1-28(2)23(30)13-33-17-9-8-16-10-11-29(21(16)12-17)25-19-14-34(31)15-20(19)26-24(27-25)18-6-4-5-7-22(18)32-3/h4-9,12H,10-11,13-15H2,1-3H3. The average Bonchev–Trinajstić information content (AvgIpc) is 3.43. The minimum Gasteiger partial charge on any atom is -0.616 e. The number of nitrogens with zero attached hydrogens (tertiary/aromatic N) is 4. The van der Waals surface area contributed by atoms with E-state index < -0.39 is 11.2 Å². The van der Waals surface area contributed by atoms with Crippen molar-refractivity contribution in [3.05, 3.63) is 59.3 Å². The van der Waals surface area contributed by atoms with Crippen molar-refractivity contribution in [2.45, 2.75) is 17.9 Å². The molecule has 3 aromatic rings. The highest BCUT2D eigenvalue weighted by molar-refractivity contribution is 7.90. The molecule has 0 saturated heterocycles. The van der Waals surface area contributed by atoms with Crippen molar-refractivity contribution in [2.24, 2.45) is 0 Å². The molecular weight excluding hydrogens is 452 g/mol. The number of amides is 1. The van der Waals surface area contributed by atoms with Crippen LogP contribution in [-0.4, -0.2) is 59.7 Å². The summed E-state index contributed by atoms with van der Waals surface area (Å²) in [4.78, 5) is 25.3. The molecule has 5 rings (SSSR count). The summed E-state index contributed by atoms with van der Waals surface area (Å²) >= 11 is -1.00. The Hall–Kier alpha value is -3.30. The van der Waals surface area contributed by atoms with Gasteiger partial charge in [0.15, 0.2) is 12.4 Å². The lowest BCUT2D eigenvalue weighted by atomic mass is 10.1. The van der Waals surface area contributed by atoms with Crippen LogP contribution < -0.4 is 14.4 Å². The molecule has 2 aliphatic heterocycles.